The molecule has 7 nitrogen and oxygen atoms in total. The molecule has 182 valence electrons. The van der Waals surface area contributed by atoms with Gasteiger partial charge in [0.25, 0.3) is 0 Å². The standard InChI is InChI=1S/C28H30N2O5/c1-16-8-10-22-23(11-16)27(33)30(26(22)32)20-5-4-6-21(14-20)35-28(34)19-13-25(31)29(15-19)24-12-17(2)7-9-18(24)3/h4-7,9,12,14,16,19,22-23H,8,10-11,13,15H2,1-3H3/t16-,19-,22-,23-/m1/s1. The maximum absolute atomic E-state index is 13.1. The summed E-state index contributed by atoms with van der Waals surface area (Å²) in [5.74, 6) is -1.37. The first kappa shape index (κ1) is 23.3. The molecule has 2 aliphatic heterocycles. The van der Waals surface area contributed by atoms with Gasteiger partial charge in [0.2, 0.25) is 17.7 Å². The number of aryl methyl sites for hydroxylation is 2. The molecule has 0 unspecified atom stereocenters. The van der Waals surface area contributed by atoms with Gasteiger partial charge in [0.05, 0.1) is 23.4 Å². The second-order valence-electron chi connectivity index (χ2n) is 10.3. The molecule has 35 heavy (non-hydrogen) atoms. The first-order chi connectivity index (χ1) is 16.7. The van der Waals surface area contributed by atoms with Crippen LogP contribution in [0, 0.1) is 37.5 Å². The van der Waals surface area contributed by atoms with Crippen molar-refractivity contribution in [3.8, 4) is 5.75 Å². The molecule has 1 saturated carbocycles. The zero-order valence-electron chi connectivity index (χ0n) is 20.3. The molecule has 3 fully saturated rings. The Kier molecular flexibility index (Phi) is 5.95. The van der Waals surface area contributed by atoms with Crippen molar-refractivity contribution < 1.29 is 23.9 Å². The van der Waals surface area contributed by atoms with Crippen molar-refractivity contribution in [2.24, 2.45) is 23.7 Å². The van der Waals surface area contributed by atoms with Crippen molar-refractivity contribution in [1.29, 1.82) is 0 Å². The number of anilines is 2. The van der Waals surface area contributed by atoms with Gasteiger partial charge in [0.15, 0.2) is 0 Å². The summed E-state index contributed by atoms with van der Waals surface area (Å²) < 4.78 is 5.62. The van der Waals surface area contributed by atoms with Crippen LogP contribution in [-0.2, 0) is 19.2 Å². The zero-order valence-corrected chi connectivity index (χ0v) is 20.3. The van der Waals surface area contributed by atoms with Crippen LogP contribution in [-0.4, -0.2) is 30.2 Å². The van der Waals surface area contributed by atoms with E-state index in [0.29, 0.717) is 11.6 Å². The Bertz CT molecular complexity index is 1220. The van der Waals surface area contributed by atoms with Gasteiger partial charge < -0.3 is 9.64 Å². The molecule has 7 heteroatoms. The Morgan fingerprint density at radius 3 is 2.54 bits per heavy atom. The highest BCUT2D eigenvalue weighted by Crippen LogP contribution is 2.42. The van der Waals surface area contributed by atoms with Gasteiger partial charge in [-0.05, 0) is 68.4 Å². The lowest BCUT2D eigenvalue weighted by Gasteiger charge is -2.25. The molecule has 0 aromatic heterocycles. The highest BCUT2D eigenvalue weighted by atomic mass is 16.5. The minimum absolute atomic E-state index is 0.0799. The van der Waals surface area contributed by atoms with E-state index >= 15 is 0 Å². The summed E-state index contributed by atoms with van der Waals surface area (Å²) in [5, 5.41) is 0. The lowest BCUT2D eigenvalue weighted by molar-refractivity contribution is -0.139. The van der Waals surface area contributed by atoms with Crippen molar-refractivity contribution >= 4 is 35.1 Å². The SMILES string of the molecule is Cc1ccc(C)c(N2C[C@H](C(=O)Oc3cccc(N4C(=O)[C@@H]5CC[C@@H](C)C[C@H]5C4=O)c3)CC2=O)c1. The topological polar surface area (TPSA) is 84.0 Å². The number of rotatable bonds is 4. The van der Waals surface area contributed by atoms with Crippen LogP contribution in [0.3, 0.4) is 0 Å². The maximum Gasteiger partial charge on any atom is 0.316 e. The number of amides is 3. The van der Waals surface area contributed by atoms with Gasteiger partial charge in [-0.15, -0.1) is 0 Å². The minimum Gasteiger partial charge on any atom is -0.426 e. The summed E-state index contributed by atoms with van der Waals surface area (Å²) in [6.07, 6.45) is 2.49. The van der Waals surface area contributed by atoms with Crippen LogP contribution >= 0.6 is 0 Å². The minimum atomic E-state index is -0.592. The summed E-state index contributed by atoms with van der Waals surface area (Å²) >= 11 is 0. The Morgan fingerprint density at radius 1 is 0.971 bits per heavy atom. The predicted molar refractivity (Wildman–Crippen MR) is 131 cm³/mol. The van der Waals surface area contributed by atoms with Crippen LogP contribution in [0.5, 0.6) is 5.75 Å². The monoisotopic (exact) mass is 474 g/mol. The summed E-state index contributed by atoms with van der Waals surface area (Å²) in [4.78, 5) is 54.6. The Labute approximate surface area is 205 Å². The first-order valence-electron chi connectivity index (χ1n) is 12.3. The van der Waals surface area contributed by atoms with E-state index in [2.05, 4.69) is 6.92 Å². The molecule has 2 saturated heterocycles. The third-order valence-corrected chi connectivity index (χ3v) is 7.60. The number of nitrogens with zero attached hydrogens (tertiary/aromatic N) is 2. The van der Waals surface area contributed by atoms with E-state index in [0.717, 1.165) is 36.1 Å². The molecular weight excluding hydrogens is 444 g/mol. The van der Waals surface area contributed by atoms with Crippen LogP contribution in [0.4, 0.5) is 11.4 Å². The fourth-order valence-electron chi connectivity index (χ4n) is 5.64. The van der Waals surface area contributed by atoms with Crippen LogP contribution < -0.4 is 14.5 Å². The molecule has 2 aromatic carbocycles. The summed E-state index contributed by atoms with van der Waals surface area (Å²) in [6.45, 7) is 6.28. The van der Waals surface area contributed by atoms with E-state index in [1.165, 1.54) is 4.90 Å². The third kappa shape index (κ3) is 4.24. The highest BCUT2D eigenvalue weighted by Gasteiger charge is 2.50. The molecule has 0 spiro atoms. The van der Waals surface area contributed by atoms with Gasteiger partial charge in [-0.2, -0.15) is 0 Å². The number of hydrogen-bond acceptors (Lipinski definition) is 5. The molecule has 0 bridgehead atoms. The van der Waals surface area contributed by atoms with Crippen LogP contribution in [0.2, 0.25) is 0 Å². The number of carbonyl (C=O) groups excluding carboxylic acids is 4. The molecule has 4 atom stereocenters. The average Bonchev–Trinajstić information content (AvgIpc) is 3.33. The Balaban J connectivity index is 1.30. The number of carbonyl (C=O) groups is 4. The molecule has 1 aliphatic carbocycles. The highest BCUT2D eigenvalue weighted by molar-refractivity contribution is 6.22. The smallest absolute Gasteiger partial charge is 0.316 e. The normalized spacial score (nSPS) is 26.3. The third-order valence-electron chi connectivity index (χ3n) is 7.60. The van der Waals surface area contributed by atoms with E-state index < -0.39 is 11.9 Å². The van der Waals surface area contributed by atoms with Gasteiger partial charge >= 0.3 is 5.97 Å². The molecule has 0 radical (unpaired) electrons. The van der Waals surface area contributed by atoms with Crippen LogP contribution in [0.15, 0.2) is 42.5 Å². The summed E-state index contributed by atoms with van der Waals surface area (Å²) in [6, 6.07) is 12.5. The molecule has 2 aromatic rings. The van der Waals surface area contributed by atoms with Crippen LogP contribution in [0.1, 0.15) is 43.7 Å². The van der Waals surface area contributed by atoms with E-state index in [1.807, 2.05) is 32.0 Å². The van der Waals surface area contributed by atoms with E-state index in [1.54, 1.807) is 29.2 Å². The van der Waals surface area contributed by atoms with E-state index in [-0.39, 0.29) is 48.3 Å². The number of fused-ring (bicyclic) bond motifs is 1. The molecule has 3 amide bonds. The van der Waals surface area contributed by atoms with Crippen LogP contribution in [0.25, 0.3) is 0 Å². The molecule has 5 rings (SSSR count). The summed E-state index contributed by atoms with van der Waals surface area (Å²) in [7, 11) is 0. The van der Waals surface area contributed by atoms with Crippen molar-refractivity contribution in [3.05, 3.63) is 53.6 Å². The van der Waals surface area contributed by atoms with Crippen molar-refractivity contribution in [2.45, 2.75) is 46.5 Å². The molecule has 0 N–H and O–H groups in total. The van der Waals surface area contributed by atoms with Gasteiger partial charge in [-0.25, -0.2) is 4.90 Å². The lowest BCUT2D eigenvalue weighted by Crippen LogP contribution is -2.31. The average molecular weight is 475 g/mol. The van der Waals surface area contributed by atoms with E-state index in [4.69, 9.17) is 4.74 Å². The fourth-order valence-corrected chi connectivity index (χ4v) is 5.64. The summed E-state index contributed by atoms with van der Waals surface area (Å²) in [5.41, 5.74) is 3.25. The molecule has 3 aliphatic rings. The number of hydrogen-bond donors (Lipinski definition) is 0. The predicted octanol–water partition coefficient (Wildman–Crippen LogP) is 4.19. The van der Waals surface area contributed by atoms with Crippen molar-refractivity contribution in [1.82, 2.24) is 0 Å². The number of benzene rings is 2. The second kappa shape index (κ2) is 8.95. The first-order valence-corrected chi connectivity index (χ1v) is 12.3. The molecular formula is C28H30N2O5. The van der Waals surface area contributed by atoms with Gasteiger partial charge in [0, 0.05) is 24.7 Å². The largest absolute Gasteiger partial charge is 0.426 e. The van der Waals surface area contributed by atoms with Crippen molar-refractivity contribution in [2.75, 3.05) is 16.3 Å². The quantitative estimate of drug-likeness (QED) is 0.377. The second-order valence-corrected chi connectivity index (χ2v) is 10.3. The van der Waals surface area contributed by atoms with Gasteiger partial charge in [-0.3, -0.25) is 19.2 Å². The Morgan fingerprint density at radius 2 is 1.74 bits per heavy atom. The number of imide groups is 1. The van der Waals surface area contributed by atoms with Crippen molar-refractivity contribution in [3.63, 3.8) is 0 Å². The van der Waals surface area contributed by atoms with Gasteiger partial charge in [-0.1, -0.05) is 25.1 Å². The lowest BCUT2D eigenvalue weighted by atomic mass is 9.76. The zero-order chi connectivity index (χ0) is 24.9. The number of ether oxygens (including phenoxy) is 1. The number of esters is 1. The van der Waals surface area contributed by atoms with Gasteiger partial charge in [0.1, 0.15) is 5.75 Å². The molecule has 2 heterocycles. The maximum atomic E-state index is 13.1. The fraction of sp³-hybridized carbons (Fsp3) is 0.429. The van der Waals surface area contributed by atoms with E-state index in [9.17, 15) is 19.2 Å². The Hall–Kier alpha value is -3.48.